The summed E-state index contributed by atoms with van der Waals surface area (Å²) in [4.78, 5) is 23.8. The van der Waals surface area contributed by atoms with E-state index in [1.807, 2.05) is 37.5 Å². The monoisotopic (exact) mass is 490 g/mol. The molecule has 0 aromatic carbocycles. The molecule has 1 atom stereocenters. The van der Waals surface area contributed by atoms with Gasteiger partial charge in [-0.3, -0.25) is 14.5 Å². The number of amides is 1. The smallest absolute Gasteiger partial charge is 0.284 e. The van der Waals surface area contributed by atoms with Gasteiger partial charge in [-0.15, -0.1) is 10.2 Å². The highest BCUT2D eigenvalue weighted by Crippen LogP contribution is 2.34. The number of rotatable bonds is 6. The molecule has 1 fully saturated rings. The summed E-state index contributed by atoms with van der Waals surface area (Å²) < 4.78 is 1.74. The Balaban J connectivity index is 1.47. The summed E-state index contributed by atoms with van der Waals surface area (Å²) in [5, 5.41) is 26.8. The van der Waals surface area contributed by atoms with Gasteiger partial charge in [0.1, 0.15) is 0 Å². The summed E-state index contributed by atoms with van der Waals surface area (Å²) in [6, 6.07) is 7.94. The molecule has 4 aromatic heterocycles. The molecule has 10 nitrogen and oxygen atoms in total. The summed E-state index contributed by atoms with van der Waals surface area (Å²) in [5.41, 5.74) is 4.82. The van der Waals surface area contributed by atoms with Crippen molar-refractivity contribution in [2.75, 3.05) is 18.4 Å². The fourth-order valence-corrected chi connectivity index (χ4v) is 4.80. The molecule has 2 N–H and O–H groups in total. The number of hydrogen-bond donors (Lipinski definition) is 2. The number of anilines is 1. The second-order valence-electron chi connectivity index (χ2n) is 8.83. The molecule has 1 aliphatic heterocycles. The van der Waals surface area contributed by atoms with Gasteiger partial charge in [0.05, 0.1) is 34.9 Å². The zero-order valence-corrected chi connectivity index (χ0v) is 20.5. The molecule has 0 bridgehead atoms. The minimum absolute atomic E-state index is 0.166. The summed E-state index contributed by atoms with van der Waals surface area (Å²) in [6.07, 6.45) is 5.56. The van der Waals surface area contributed by atoms with Gasteiger partial charge in [-0.05, 0) is 38.5 Å². The van der Waals surface area contributed by atoms with Crippen molar-refractivity contribution < 1.29 is 9.90 Å². The first-order valence-corrected chi connectivity index (χ1v) is 12.2. The highest BCUT2D eigenvalue weighted by molar-refractivity contribution is 7.16. The lowest BCUT2D eigenvalue weighted by molar-refractivity contribution is 0.0763. The van der Waals surface area contributed by atoms with Crippen LogP contribution in [0.2, 0.25) is 0 Å². The van der Waals surface area contributed by atoms with Crippen LogP contribution in [0.4, 0.5) is 5.69 Å². The van der Waals surface area contributed by atoms with Crippen molar-refractivity contribution in [2.45, 2.75) is 32.4 Å². The van der Waals surface area contributed by atoms with E-state index in [2.05, 4.69) is 39.4 Å². The largest absolute Gasteiger partial charge is 0.391 e. The number of carbonyl (C=O) groups is 1. The number of aliphatic hydroxyl groups is 1. The van der Waals surface area contributed by atoms with Gasteiger partial charge < -0.3 is 15.3 Å². The molecule has 1 amide bonds. The van der Waals surface area contributed by atoms with Crippen LogP contribution in [0.3, 0.4) is 0 Å². The Morgan fingerprint density at radius 3 is 2.74 bits per heavy atom. The van der Waals surface area contributed by atoms with Crippen molar-refractivity contribution in [3.8, 4) is 33.2 Å². The van der Waals surface area contributed by atoms with Crippen LogP contribution < -0.4 is 5.32 Å². The lowest BCUT2D eigenvalue weighted by Gasteiger charge is -2.15. The molecule has 0 aliphatic carbocycles. The Kier molecular flexibility index (Phi) is 6.27. The van der Waals surface area contributed by atoms with Crippen molar-refractivity contribution in [2.24, 2.45) is 7.05 Å². The standard InChI is InChI=1S/C24H26N8O2S/c1-14(2)27-20-9-21(19-6-4-5-18(28-19)15-10-26-31(3)12-15)25-11-17(20)22-29-30-23(35-22)24(34)32-8-7-16(33)13-32/h4-6,9-12,14,16,33H,7-8,13H2,1-3H3,(H,25,27)/t16-/m1/s1. The number of carbonyl (C=O) groups excluding carboxylic acids is 1. The third-order valence-electron chi connectivity index (χ3n) is 5.65. The average molecular weight is 491 g/mol. The van der Waals surface area contributed by atoms with Crippen LogP contribution in [0.5, 0.6) is 0 Å². The number of aryl methyl sites for hydroxylation is 1. The lowest BCUT2D eigenvalue weighted by atomic mass is 10.1. The summed E-state index contributed by atoms with van der Waals surface area (Å²) in [6.45, 7) is 4.96. The van der Waals surface area contributed by atoms with Crippen molar-refractivity contribution in [3.63, 3.8) is 0 Å². The fourth-order valence-electron chi connectivity index (χ4n) is 3.97. The van der Waals surface area contributed by atoms with Crippen molar-refractivity contribution in [1.29, 1.82) is 0 Å². The fraction of sp³-hybridized carbons (Fsp3) is 0.333. The van der Waals surface area contributed by atoms with Crippen LogP contribution in [0, 0.1) is 0 Å². The quantitative estimate of drug-likeness (QED) is 0.423. The second kappa shape index (κ2) is 9.51. The number of pyridine rings is 2. The van der Waals surface area contributed by atoms with E-state index < -0.39 is 6.10 Å². The SMILES string of the molecule is CC(C)Nc1cc(-c2cccc(-c3cnn(C)c3)n2)ncc1-c1nnc(C(=O)N2CC[C@@H](O)C2)s1. The number of aliphatic hydroxyl groups excluding tert-OH is 1. The molecule has 5 rings (SSSR count). The number of nitrogens with zero attached hydrogens (tertiary/aromatic N) is 7. The third-order valence-corrected chi connectivity index (χ3v) is 6.59. The minimum atomic E-state index is -0.477. The van der Waals surface area contributed by atoms with E-state index in [-0.39, 0.29) is 11.9 Å². The Hall–Kier alpha value is -3.70. The van der Waals surface area contributed by atoms with E-state index in [0.29, 0.717) is 29.5 Å². The van der Waals surface area contributed by atoms with Crippen molar-refractivity contribution in [1.82, 2.24) is 34.8 Å². The molecule has 11 heteroatoms. The molecular weight excluding hydrogens is 464 g/mol. The van der Waals surface area contributed by atoms with E-state index in [0.717, 1.165) is 33.9 Å². The third kappa shape index (κ3) is 4.91. The summed E-state index contributed by atoms with van der Waals surface area (Å²) in [7, 11) is 1.87. The van der Waals surface area contributed by atoms with Gasteiger partial charge in [-0.2, -0.15) is 5.10 Å². The van der Waals surface area contributed by atoms with Crippen LogP contribution >= 0.6 is 11.3 Å². The molecule has 35 heavy (non-hydrogen) atoms. The zero-order chi connectivity index (χ0) is 24.5. The van der Waals surface area contributed by atoms with Crippen molar-refractivity contribution in [3.05, 3.63) is 47.9 Å². The maximum Gasteiger partial charge on any atom is 0.284 e. The van der Waals surface area contributed by atoms with E-state index in [1.165, 1.54) is 11.3 Å². The molecule has 0 unspecified atom stereocenters. The molecule has 4 aromatic rings. The van der Waals surface area contributed by atoms with Gasteiger partial charge in [-0.25, -0.2) is 4.98 Å². The van der Waals surface area contributed by atoms with Gasteiger partial charge in [0, 0.05) is 49.8 Å². The van der Waals surface area contributed by atoms with Crippen LogP contribution in [0.1, 0.15) is 30.1 Å². The Morgan fingerprint density at radius 1 is 1.20 bits per heavy atom. The first kappa shape index (κ1) is 23.1. The molecular formula is C24H26N8O2S. The second-order valence-corrected chi connectivity index (χ2v) is 9.81. The van der Waals surface area contributed by atoms with Crippen LogP contribution in [0.15, 0.2) is 42.9 Å². The predicted molar refractivity (Wildman–Crippen MR) is 134 cm³/mol. The van der Waals surface area contributed by atoms with Crippen LogP contribution in [-0.2, 0) is 7.05 Å². The van der Waals surface area contributed by atoms with Crippen molar-refractivity contribution >= 4 is 22.9 Å². The number of β-amino-alcohol motifs (C(OH)–C–C–N with tert-alkyl or cyclic N) is 1. The van der Waals surface area contributed by atoms with E-state index in [9.17, 15) is 9.90 Å². The number of nitrogens with one attached hydrogen (secondary N) is 1. The number of likely N-dealkylation sites (tertiary alicyclic amines) is 1. The van der Waals surface area contributed by atoms with Gasteiger partial charge >= 0.3 is 0 Å². The molecule has 1 aliphatic rings. The first-order chi connectivity index (χ1) is 16.9. The number of aromatic nitrogens is 6. The van der Waals surface area contributed by atoms with Gasteiger partial charge in [0.15, 0.2) is 5.01 Å². The van der Waals surface area contributed by atoms with Gasteiger partial charge in [-0.1, -0.05) is 17.4 Å². The first-order valence-electron chi connectivity index (χ1n) is 11.4. The Morgan fingerprint density at radius 2 is 2.03 bits per heavy atom. The summed E-state index contributed by atoms with van der Waals surface area (Å²) in [5.74, 6) is -0.204. The molecule has 0 spiro atoms. The molecule has 1 saturated heterocycles. The van der Waals surface area contributed by atoms with E-state index in [4.69, 9.17) is 4.98 Å². The topological polar surface area (TPSA) is 122 Å². The normalized spacial score (nSPS) is 15.7. The highest BCUT2D eigenvalue weighted by Gasteiger charge is 2.28. The molecule has 0 saturated carbocycles. The molecule has 5 heterocycles. The summed E-state index contributed by atoms with van der Waals surface area (Å²) >= 11 is 1.23. The Bertz CT molecular complexity index is 1370. The van der Waals surface area contributed by atoms with E-state index >= 15 is 0 Å². The van der Waals surface area contributed by atoms with Gasteiger partial charge in [0.25, 0.3) is 5.91 Å². The van der Waals surface area contributed by atoms with E-state index in [1.54, 1.807) is 22.0 Å². The molecule has 0 radical (unpaired) electrons. The predicted octanol–water partition coefficient (Wildman–Crippen LogP) is 3.09. The maximum atomic E-state index is 12.8. The highest BCUT2D eigenvalue weighted by atomic mass is 32.1. The van der Waals surface area contributed by atoms with Crippen LogP contribution in [0.25, 0.3) is 33.2 Å². The minimum Gasteiger partial charge on any atom is -0.391 e. The number of hydrogen-bond acceptors (Lipinski definition) is 9. The maximum absolute atomic E-state index is 12.8. The van der Waals surface area contributed by atoms with Gasteiger partial charge in [0.2, 0.25) is 5.01 Å². The lowest BCUT2D eigenvalue weighted by Crippen LogP contribution is -2.29. The molecule has 180 valence electrons. The average Bonchev–Trinajstić information content (AvgIpc) is 3.60. The Labute approximate surface area is 206 Å². The zero-order valence-electron chi connectivity index (χ0n) is 19.7. The van der Waals surface area contributed by atoms with Crippen LogP contribution in [-0.4, -0.2) is 71.1 Å².